The van der Waals surface area contributed by atoms with Crippen LogP contribution in [-0.4, -0.2) is 11.4 Å². The van der Waals surface area contributed by atoms with E-state index in [0.717, 1.165) is 17.4 Å². The molecule has 0 aromatic heterocycles. The molecule has 0 bridgehead atoms. The Bertz CT molecular complexity index is 473. The highest BCUT2D eigenvalue weighted by molar-refractivity contribution is 5.77. The zero-order valence-corrected chi connectivity index (χ0v) is 10.1. The van der Waals surface area contributed by atoms with Crippen molar-refractivity contribution >= 4 is 6.29 Å². The third-order valence-corrected chi connectivity index (χ3v) is 2.23. The van der Waals surface area contributed by atoms with Crippen molar-refractivity contribution in [2.24, 2.45) is 0 Å². The summed E-state index contributed by atoms with van der Waals surface area (Å²) in [6.07, 6.45) is 0.812. The highest BCUT2D eigenvalue weighted by Gasteiger charge is 1.98. The van der Waals surface area contributed by atoms with Gasteiger partial charge in [-0.25, -0.2) is 0 Å². The van der Waals surface area contributed by atoms with E-state index in [0.29, 0.717) is 5.56 Å². The lowest BCUT2D eigenvalue weighted by Gasteiger charge is -2.02. The van der Waals surface area contributed by atoms with Crippen LogP contribution >= 0.6 is 0 Å². The number of carbonyl (C=O) groups is 1. The van der Waals surface area contributed by atoms with Gasteiger partial charge in [0.15, 0.2) is 0 Å². The van der Waals surface area contributed by atoms with E-state index in [-0.39, 0.29) is 5.75 Å². The van der Waals surface area contributed by atoms with Crippen LogP contribution in [0.25, 0.3) is 11.1 Å². The molecule has 0 fully saturated rings. The minimum Gasteiger partial charge on any atom is -0.508 e. The number of carbonyl (C=O) groups excluding carboxylic acids is 1. The summed E-state index contributed by atoms with van der Waals surface area (Å²) >= 11 is 0. The van der Waals surface area contributed by atoms with Crippen LogP contribution in [-0.2, 0) is 0 Å². The molecule has 2 aromatic carbocycles. The van der Waals surface area contributed by atoms with Crippen molar-refractivity contribution in [1.82, 2.24) is 0 Å². The molecule has 17 heavy (non-hydrogen) atoms. The zero-order valence-electron chi connectivity index (χ0n) is 10.1. The SMILES string of the molecule is CC.O=Cc1ccc(-c2cccc(O)c2)cc1. The first-order valence-corrected chi connectivity index (χ1v) is 5.64. The molecule has 0 saturated heterocycles. The van der Waals surface area contributed by atoms with Crippen LogP contribution in [0.4, 0.5) is 0 Å². The molecule has 2 heteroatoms. The third kappa shape index (κ3) is 3.45. The number of hydrogen-bond donors (Lipinski definition) is 1. The van der Waals surface area contributed by atoms with Crippen LogP contribution in [0.15, 0.2) is 48.5 Å². The fourth-order valence-corrected chi connectivity index (χ4v) is 1.44. The van der Waals surface area contributed by atoms with Gasteiger partial charge in [-0.3, -0.25) is 4.79 Å². The maximum atomic E-state index is 10.5. The molecule has 0 aliphatic heterocycles. The average molecular weight is 228 g/mol. The standard InChI is InChI=1S/C13H10O2.C2H6/c14-9-10-4-6-11(7-5-10)12-2-1-3-13(15)8-12;1-2/h1-9,15H;1-2H3. The summed E-state index contributed by atoms with van der Waals surface area (Å²) in [6, 6.07) is 14.3. The first-order valence-electron chi connectivity index (χ1n) is 5.64. The van der Waals surface area contributed by atoms with Crippen LogP contribution in [0, 0.1) is 0 Å². The van der Waals surface area contributed by atoms with Crippen molar-refractivity contribution < 1.29 is 9.90 Å². The second-order valence-electron chi connectivity index (χ2n) is 3.29. The van der Waals surface area contributed by atoms with Crippen molar-refractivity contribution in [2.75, 3.05) is 0 Å². The number of aromatic hydroxyl groups is 1. The summed E-state index contributed by atoms with van der Waals surface area (Å²) in [7, 11) is 0. The van der Waals surface area contributed by atoms with Gasteiger partial charge in [0, 0.05) is 5.56 Å². The largest absolute Gasteiger partial charge is 0.508 e. The van der Waals surface area contributed by atoms with Gasteiger partial charge in [0.1, 0.15) is 12.0 Å². The monoisotopic (exact) mass is 228 g/mol. The Hall–Kier alpha value is -2.09. The van der Waals surface area contributed by atoms with E-state index in [4.69, 9.17) is 0 Å². The summed E-state index contributed by atoms with van der Waals surface area (Å²) in [6.45, 7) is 4.00. The van der Waals surface area contributed by atoms with Crippen molar-refractivity contribution in [3.05, 3.63) is 54.1 Å². The van der Waals surface area contributed by atoms with Gasteiger partial charge in [-0.15, -0.1) is 0 Å². The van der Waals surface area contributed by atoms with Gasteiger partial charge in [-0.2, -0.15) is 0 Å². The number of benzene rings is 2. The van der Waals surface area contributed by atoms with E-state index in [1.54, 1.807) is 30.3 Å². The van der Waals surface area contributed by atoms with Crippen LogP contribution in [0.3, 0.4) is 0 Å². The summed E-state index contributed by atoms with van der Waals surface area (Å²) in [4.78, 5) is 10.5. The Morgan fingerprint density at radius 3 is 2.12 bits per heavy atom. The minimum absolute atomic E-state index is 0.243. The second kappa shape index (κ2) is 6.48. The molecule has 0 aliphatic carbocycles. The number of aldehydes is 1. The Morgan fingerprint density at radius 1 is 0.941 bits per heavy atom. The van der Waals surface area contributed by atoms with E-state index in [2.05, 4.69) is 0 Å². The molecule has 0 aliphatic rings. The van der Waals surface area contributed by atoms with E-state index in [1.807, 2.05) is 32.0 Å². The second-order valence-corrected chi connectivity index (χ2v) is 3.29. The summed E-state index contributed by atoms with van der Waals surface area (Å²) in [5.41, 5.74) is 2.57. The molecule has 2 nitrogen and oxygen atoms in total. The molecule has 0 heterocycles. The van der Waals surface area contributed by atoms with Crippen LogP contribution in [0.1, 0.15) is 24.2 Å². The van der Waals surface area contributed by atoms with Crippen LogP contribution < -0.4 is 0 Å². The highest BCUT2D eigenvalue weighted by Crippen LogP contribution is 2.22. The van der Waals surface area contributed by atoms with Crippen molar-refractivity contribution in [3.63, 3.8) is 0 Å². The Kier molecular flexibility index (Phi) is 4.95. The normalized spacial score (nSPS) is 9.06. The quantitative estimate of drug-likeness (QED) is 0.791. The van der Waals surface area contributed by atoms with Crippen LogP contribution in [0.5, 0.6) is 5.75 Å². The number of rotatable bonds is 2. The van der Waals surface area contributed by atoms with E-state index in [1.165, 1.54) is 0 Å². The van der Waals surface area contributed by atoms with E-state index < -0.39 is 0 Å². The highest BCUT2D eigenvalue weighted by atomic mass is 16.3. The molecule has 1 N–H and O–H groups in total. The van der Waals surface area contributed by atoms with Crippen LogP contribution in [0.2, 0.25) is 0 Å². The Balaban J connectivity index is 0.000000686. The third-order valence-electron chi connectivity index (χ3n) is 2.23. The molecular formula is C15H16O2. The predicted octanol–water partition coefficient (Wildman–Crippen LogP) is 3.90. The first-order chi connectivity index (χ1) is 8.29. The lowest BCUT2D eigenvalue weighted by molar-refractivity contribution is 0.112. The molecule has 0 radical (unpaired) electrons. The maximum Gasteiger partial charge on any atom is 0.150 e. The number of phenolic OH excluding ortho intramolecular Hbond substituents is 1. The molecule has 0 amide bonds. The minimum atomic E-state index is 0.243. The number of hydrogen-bond acceptors (Lipinski definition) is 2. The average Bonchev–Trinajstić information content (AvgIpc) is 2.41. The Labute approximate surface area is 102 Å². The van der Waals surface area contributed by atoms with Gasteiger partial charge in [0.25, 0.3) is 0 Å². The van der Waals surface area contributed by atoms with Crippen molar-refractivity contribution in [1.29, 1.82) is 0 Å². The number of phenols is 1. The van der Waals surface area contributed by atoms with Crippen molar-refractivity contribution in [3.8, 4) is 16.9 Å². The summed E-state index contributed by atoms with van der Waals surface area (Å²) < 4.78 is 0. The van der Waals surface area contributed by atoms with E-state index >= 15 is 0 Å². The first kappa shape index (κ1) is 13.0. The van der Waals surface area contributed by atoms with Gasteiger partial charge in [0.2, 0.25) is 0 Å². The maximum absolute atomic E-state index is 10.5. The molecule has 2 aromatic rings. The smallest absolute Gasteiger partial charge is 0.150 e. The zero-order chi connectivity index (χ0) is 12.7. The summed E-state index contributed by atoms with van der Waals surface area (Å²) in [5.74, 6) is 0.243. The summed E-state index contributed by atoms with van der Waals surface area (Å²) in [5, 5.41) is 9.32. The van der Waals surface area contributed by atoms with Gasteiger partial charge >= 0.3 is 0 Å². The fraction of sp³-hybridized carbons (Fsp3) is 0.133. The van der Waals surface area contributed by atoms with Gasteiger partial charge < -0.3 is 5.11 Å². The lowest BCUT2D eigenvalue weighted by atomic mass is 10.0. The van der Waals surface area contributed by atoms with Gasteiger partial charge in [-0.1, -0.05) is 50.2 Å². The van der Waals surface area contributed by atoms with Gasteiger partial charge in [-0.05, 0) is 23.3 Å². The molecule has 0 atom stereocenters. The van der Waals surface area contributed by atoms with Gasteiger partial charge in [0.05, 0.1) is 0 Å². The topological polar surface area (TPSA) is 37.3 Å². The van der Waals surface area contributed by atoms with Crippen molar-refractivity contribution in [2.45, 2.75) is 13.8 Å². The molecular weight excluding hydrogens is 212 g/mol. The molecule has 0 saturated carbocycles. The molecule has 2 rings (SSSR count). The fourth-order valence-electron chi connectivity index (χ4n) is 1.44. The van der Waals surface area contributed by atoms with E-state index in [9.17, 15) is 9.90 Å². The molecule has 0 spiro atoms. The molecule has 0 unspecified atom stereocenters. The predicted molar refractivity (Wildman–Crippen MR) is 70.3 cm³/mol. The lowest BCUT2D eigenvalue weighted by Crippen LogP contribution is -1.80. The Morgan fingerprint density at radius 2 is 1.59 bits per heavy atom. The molecule has 88 valence electrons.